The molecule has 0 aliphatic heterocycles. The largest absolute Gasteiger partial charge is 0.461 e. The molecule has 0 saturated heterocycles. The first-order valence-electron chi connectivity index (χ1n) is 5.89. The number of hydrogen-bond acceptors (Lipinski definition) is 7. The smallest absolute Gasteiger partial charge is 0.357 e. The molecule has 2 aromatic rings. The van der Waals surface area contributed by atoms with Crippen LogP contribution in [0.15, 0.2) is 9.90 Å². The van der Waals surface area contributed by atoms with Crippen LogP contribution in [0.4, 0.5) is 5.13 Å². The minimum atomic E-state index is -0.512. The highest BCUT2D eigenvalue weighted by molar-refractivity contribution is 7.14. The summed E-state index contributed by atoms with van der Waals surface area (Å²) in [5.74, 6) is -0.449. The van der Waals surface area contributed by atoms with Gasteiger partial charge in [-0.1, -0.05) is 5.16 Å². The maximum absolute atomic E-state index is 12.1. The Hall–Kier alpha value is -2.22. The minimum Gasteiger partial charge on any atom is -0.461 e. The third kappa shape index (κ3) is 2.85. The Bertz CT molecular complexity index is 627. The monoisotopic (exact) mass is 295 g/mol. The molecule has 0 fully saturated rings. The van der Waals surface area contributed by atoms with Crippen molar-refractivity contribution in [1.82, 2.24) is 10.1 Å². The summed E-state index contributed by atoms with van der Waals surface area (Å²) in [4.78, 5) is 27.5. The zero-order valence-corrected chi connectivity index (χ0v) is 12.0. The molecule has 0 spiro atoms. The van der Waals surface area contributed by atoms with Gasteiger partial charge < -0.3 is 9.26 Å². The normalized spacial score (nSPS) is 10.3. The van der Waals surface area contributed by atoms with E-state index in [2.05, 4.69) is 15.5 Å². The molecule has 7 nitrogen and oxygen atoms in total. The predicted octanol–water partition coefficient (Wildman–Crippen LogP) is 2.18. The molecule has 0 bridgehead atoms. The lowest BCUT2D eigenvalue weighted by atomic mass is 10.2. The molecular weight excluding hydrogens is 282 g/mol. The summed E-state index contributed by atoms with van der Waals surface area (Å²) >= 11 is 1.15. The molecular formula is C12H13N3O4S. The second-order valence-corrected chi connectivity index (χ2v) is 4.77. The molecule has 0 aliphatic carbocycles. The van der Waals surface area contributed by atoms with Crippen LogP contribution in [0.25, 0.3) is 0 Å². The lowest BCUT2D eigenvalue weighted by molar-refractivity contribution is 0.0520. The number of aryl methyl sites for hydroxylation is 2. The van der Waals surface area contributed by atoms with Crippen LogP contribution in [0.1, 0.15) is 39.2 Å². The molecule has 0 aromatic carbocycles. The van der Waals surface area contributed by atoms with Crippen molar-refractivity contribution in [2.75, 3.05) is 11.9 Å². The van der Waals surface area contributed by atoms with Crippen molar-refractivity contribution in [2.24, 2.45) is 0 Å². The van der Waals surface area contributed by atoms with E-state index in [1.807, 2.05) is 0 Å². The Balaban J connectivity index is 2.11. The summed E-state index contributed by atoms with van der Waals surface area (Å²) < 4.78 is 9.75. The summed E-state index contributed by atoms with van der Waals surface area (Å²) in [6.07, 6.45) is 0. The van der Waals surface area contributed by atoms with E-state index in [4.69, 9.17) is 9.26 Å². The van der Waals surface area contributed by atoms with Gasteiger partial charge >= 0.3 is 5.97 Å². The molecule has 106 valence electrons. The second-order valence-electron chi connectivity index (χ2n) is 3.91. The Morgan fingerprint density at radius 3 is 2.80 bits per heavy atom. The first kappa shape index (κ1) is 14.2. The summed E-state index contributed by atoms with van der Waals surface area (Å²) in [5, 5.41) is 8.16. The molecule has 0 unspecified atom stereocenters. The van der Waals surface area contributed by atoms with Crippen LogP contribution in [0.2, 0.25) is 0 Å². The zero-order chi connectivity index (χ0) is 14.7. The molecule has 2 aromatic heterocycles. The van der Waals surface area contributed by atoms with Gasteiger partial charge in [-0.25, -0.2) is 9.78 Å². The van der Waals surface area contributed by atoms with Gasteiger partial charge in [-0.15, -0.1) is 11.3 Å². The van der Waals surface area contributed by atoms with Crippen LogP contribution >= 0.6 is 11.3 Å². The van der Waals surface area contributed by atoms with E-state index in [1.165, 1.54) is 5.38 Å². The number of anilines is 1. The molecule has 0 aliphatic rings. The number of amides is 1. The van der Waals surface area contributed by atoms with Crippen molar-refractivity contribution in [3.05, 3.63) is 28.1 Å². The van der Waals surface area contributed by atoms with Gasteiger partial charge in [-0.05, 0) is 20.8 Å². The van der Waals surface area contributed by atoms with Crippen molar-refractivity contribution >= 4 is 28.3 Å². The van der Waals surface area contributed by atoms with Crippen molar-refractivity contribution in [1.29, 1.82) is 0 Å². The van der Waals surface area contributed by atoms with Crippen LogP contribution in [-0.4, -0.2) is 28.6 Å². The molecule has 2 rings (SSSR count). The van der Waals surface area contributed by atoms with Crippen LogP contribution in [0.5, 0.6) is 0 Å². The number of aromatic nitrogens is 2. The summed E-state index contributed by atoms with van der Waals surface area (Å²) in [5.41, 5.74) is 1.05. The lowest BCUT2D eigenvalue weighted by Crippen LogP contribution is -2.14. The Labute approximate surface area is 118 Å². The fourth-order valence-electron chi connectivity index (χ4n) is 1.60. The summed E-state index contributed by atoms with van der Waals surface area (Å²) in [6.45, 7) is 5.32. The van der Waals surface area contributed by atoms with Crippen LogP contribution in [0, 0.1) is 13.8 Å². The Morgan fingerprint density at radius 2 is 2.20 bits per heavy atom. The molecule has 1 amide bonds. The van der Waals surface area contributed by atoms with E-state index in [9.17, 15) is 9.59 Å². The van der Waals surface area contributed by atoms with Gasteiger partial charge in [-0.2, -0.15) is 0 Å². The number of esters is 1. The van der Waals surface area contributed by atoms with E-state index in [1.54, 1.807) is 20.8 Å². The maximum Gasteiger partial charge on any atom is 0.357 e. The number of nitrogens with one attached hydrogen (secondary N) is 1. The number of carbonyl (C=O) groups excluding carboxylic acids is 2. The number of carbonyl (C=O) groups is 2. The Morgan fingerprint density at radius 1 is 1.45 bits per heavy atom. The lowest BCUT2D eigenvalue weighted by Gasteiger charge is -2.00. The standard InChI is InChI=1S/C12H13N3O4S/c1-4-18-11(17)8-5-20-12(13-8)14-10(16)9-6(2)15-19-7(9)3/h5H,4H2,1-3H3,(H,13,14,16). The molecule has 8 heteroatoms. The number of ether oxygens (including phenoxy) is 1. The number of rotatable bonds is 4. The minimum absolute atomic E-state index is 0.172. The molecule has 0 atom stereocenters. The van der Waals surface area contributed by atoms with E-state index in [0.717, 1.165) is 11.3 Å². The van der Waals surface area contributed by atoms with E-state index < -0.39 is 5.97 Å². The third-order valence-electron chi connectivity index (χ3n) is 2.47. The fraction of sp³-hybridized carbons (Fsp3) is 0.333. The van der Waals surface area contributed by atoms with Gasteiger partial charge in [0.1, 0.15) is 11.3 Å². The number of thiazole rings is 1. The van der Waals surface area contributed by atoms with Gasteiger partial charge in [0.05, 0.1) is 12.3 Å². The molecule has 20 heavy (non-hydrogen) atoms. The van der Waals surface area contributed by atoms with Gasteiger partial charge in [0.2, 0.25) is 0 Å². The van der Waals surface area contributed by atoms with Crippen LogP contribution < -0.4 is 5.32 Å². The SMILES string of the molecule is CCOC(=O)c1csc(NC(=O)c2c(C)noc2C)n1. The fourth-order valence-corrected chi connectivity index (χ4v) is 2.27. The molecule has 2 heterocycles. The highest BCUT2D eigenvalue weighted by atomic mass is 32.1. The Kier molecular flexibility index (Phi) is 4.14. The van der Waals surface area contributed by atoms with E-state index >= 15 is 0 Å². The van der Waals surface area contributed by atoms with Crippen molar-refractivity contribution < 1.29 is 18.8 Å². The van der Waals surface area contributed by atoms with Crippen LogP contribution in [-0.2, 0) is 4.74 Å². The molecule has 1 N–H and O–H groups in total. The van der Waals surface area contributed by atoms with Crippen LogP contribution in [0.3, 0.4) is 0 Å². The van der Waals surface area contributed by atoms with Gasteiger partial charge in [0.25, 0.3) is 5.91 Å². The highest BCUT2D eigenvalue weighted by Gasteiger charge is 2.19. The first-order valence-corrected chi connectivity index (χ1v) is 6.77. The predicted molar refractivity (Wildman–Crippen MR) is 72.0 cm³/mol. The van der Waals surface area contributed by atoms with Gasteiger partial charge in [-0.3, -0.25) is 10.1 Å². The van der Waals surface area contributed by atoms with E-state index in [-0.39, 0.29) is 18.2 Å². The van der Waals surface area contributed by atoms with Gasteiger partial charge in [0, 0.05) is 5.38 Å². The summed E-state index contributed by atoms with van der Waals surface area (Å²) in [7, 11) is 0. The molecule has 0 saturated carbocycles. The highest BCUT2D eigenvalue weighted by Crippen LogP contribution is 2.19. The average Bonchev–Trinajstić information content (AvgIpc) is 2.97. The van der Waals surface area contributed by atoms with Crippen molar-refractivity contribution in [3.8, 4) is 0 Å². The quantitative estimate of drug-likeness (QED) is 0.869. The van der Waals surface area contributed by atoms with E-state index in [0.29, 0.717) is 22.1 Å². The van der Waals surface area contributed by atoms with Crippen molar-refractivity contribution in [2.45, 2.75) is 20.8 Å². The average molecular weight is 295 g/mol. The third-order valence-corrected chi connectivity index (χ3v) is 3.23. The summed E-state index contributed by atoms with van der Waals surface area (Å²) in [6, 6.07) is 0. The second kappa shape index (κ2) is 5.83. The van der Waals surface area contributed by atoms with Gasteiger partial charge in [0.15, 0.2) is 10.8 Å². The first-order chi connectivity index (χ1) is 9.52. The zero-order valence-electron chi connectivity index (χ0n) is 11.2. The van der Waals surface area contributed by atoms with Crippen molar-refractivity contribution in [3.63, 3.8) is 0 Å². The molecule has 0 radical (unpaired) electrons. The number of hydrogen-bond donors (Lipinski definition) is 1. The number of nitrogens with zero attached hydrogens (tertiary/aromatic N) is 2. The topological polar surface area (TPSA) is 94.3 Å². The maximum atomic E-state index is 12.1.